The predicted octanol–water partition coefficient (Wildman–Crippen LogP) is 3.72. The zero-order chi connectivity index (χ0) is 19.0. The number of carbonyl (C=O) groups excluding carboxylic acids is 2. The van der Waals surface area contributed by atoms with Crippen molar-refractivity contribution in [3.63, 3.8) is 0 Å². The fraction of sp³-hybridized carbons (Fsp3) is 0.474. The Labute approximate surface area is 155 Å². The summed E-state index contributed by atoms with van der Waals surface area (Å²) in [6.45, 7) is 9.86. The summed E-state index contributed by atoms with van der Waals surface area (Å²) in [5, 5.41) is 2.89. The standard InChI is InChI=1S/C19H27ClN2O3/c1-14(20)11-17(23)16(21-18(24)25-19(2,3)4)13-22(5)12-15-9-7-6-8-10-15/h6-10,16H,1,11-13H2,2-5H3,(H,21,24). The third-order valence-electron chi connectivity index (χ3n) is 3.24. The fourth-order valence-electron chi connectivity index (χ4n) is 2.26. The van der Waals surface area contributed by atoms with Crippen LogP contribution in [0.2, 0.25) is 0 Å². The zero-order valence-electron chi connectivity index (χ0n) is 15.3. The summed E-state index contributed by atoms with van der Waals surface area (Å²) in [6, 6.07) is 9.17. The summed E-state index contributed by atoms with van der Waals surface area (Å²) in [6.07, 6.45) is -0.625. The van der Waals surface area contributed by atoms with Gasteiger partial charge in [0.2, 0.25) is 0 Å². The summed E-state index contributed by atoms with van der Waals surface area (Å²) in [7, 11) is 1.89. The molecule has 0 spiro atoms. The monoisotopic (exact) mass is 366 g/mol. The summed E-state index contributed by atoms with van der Waals surface area (Å²) >= 11 is 5.75. The van der Waals surface area contributed by atoms with Crippen molar-refractivity contribution in [2.75, 3.05) is 13.6 Å². The molecule has 1 aromatic carbocycles. The van der Waals surface area contributed by atoms with Crippen molar-refractivity contribution in [3.8, 4) is 0 Å². The maximum atomic E-state index is 12.4. The first-order valence-electron chi connectivity index (χ1n) is 8.15. The highest BCUT2D eigenvalue weighted by Gasteiger charge is 2.25. The molecule has 0 heterocycles. The van der Waals surface area contributed by atoms with Crippen LogP contribution in [-0.2, 0) is 16.1 Å². The van der Waals surface area contributed by atoms with Crippen molar-refractivity contribution >= 4 is 23.5 Å². The maximum absolute atomic E-state index is 12.4. The molecular weight excluding hydrogens is 340 g/mol. The zero-order valence-corrected chi connectivity index (χ0v) is 16.1. The molecule has 0 fully saturated rings. The van der Waals surface area contributed by atoms with Crippen LogP contribution in [0.5, 0.6) is 0 Å². The molecule has 0 aliphatic carbocycles. The molecule has 1 N–H and O–H groups in total. The van der Waals surface area contributed by atoms with Gasteiger partial charge < -0.3 is 10.1 Å². The van der Waals surface area contributed by atoms with Crippen LogP contribution in [0.1, 0.15) is 32.8 Å². The topological polar surface area (TPSA) is 58.6 Å². The molecule has 6 heteroatoms. The first-order valence-corrected chi connectivity index (χ1v) is 8.52. The Balaban J connectivity index is 2.74. The van der Waals surface area contributed by atoms with E-state index in [2.05, 4.69) is 11.9 Å². The number of hydrogen-bond donors (Lipinski definition) is 1. The molecule has 1 aromatic rings. The third-order valence-corrected chi connectivity index (χ3v) is 3.37. The first kappa shape index (κ1) is 21.2. The molecule has 1 atom stereocenters. The van der Waals surface area contributed by atoms with Crippen LogP contribution < -0.4 is 5.32 Å². The average molecular weight is 367 g/mol. The number of carbonyl (C=O) groups is 2. The molecule has 0 aromatic heterocycles. The quantitative estimate of drug-likeness (QED) is 0.761. The summed E-state index contributed by atoms with van der Waals surface area (Å²) in [5.41, 5.74) is 0.485. The number of likely N-dealkylation sites (N-methyl/N-ethyl adjacent to an activating group) is 1. The predicted molar refractivity (Wildman–Crippen MR) is 101 cm³/mol. The Bertz CT molecular complexity index is 596. The van der Waals surface area contributed by atoms with Crippen LogP contribution in [0.25, 0.3) is 0 Å². The van der Waals surface area contributed by atoms with Crippen molar-refractivity contribution in [3.05, 3.63) is 47.5 Å². The number of halogens is 1. The minimum Gasteiger partial charge on any atom is -0.444 e. The molecule has 0 saturated carbocycles. The molecule has 0 radical (unpaired) electrons. The van der Waals surface area contributed by atoms with Gasteiger partial charge in [-0.3, -0.25) is 9.69 Å². The van der Waals surface area contributed by atoms with E-state index in [1.165, 1.54) is 0 Å². The molecule has 1 unspecified atom stereocenters. The van der Waals surface area contributed by atoms with Crippen molar-refractivity contribution in [2.45, 2.75) is 45.4 Å². The number of alkyl carbamates (subject to hydrolysis) is 1. The number of ether oxygens (including phenoxy) is 1. The lowest BCUT2D eigenvalue weighted by Crippen LogP contribution is -2.49. The van der Waals surface area contributed by atoms with E-state index < -0.39 is 17.7 Å². The van der Waals surface area contributed by atoms with E-state index in [1.807, 2.05) is 42.3 Å². The first-order chi connectivity index (χ1) is 11.6. The number of Topliss-reactive ketones (excluding diaryl/α,β-unsaturated/α-hetero) is 1. The maximum Gasteiger partial charge on any atom is 0.408 e. The van der Waals surface area contributed by atoms with Crippen LogP contribution >= 0.6 is 11.6 Å². The average Bonchev–Trinajstić information content (AvgIpc) is 2.44. The van der Waals surface area contributed by atoms with Gasteiger partial charge >= 0.3 is 6.09 Å². The highest BCUT2D eigenvalue weighted by atomic mass is 35.5. The minimum atomic E-state index is -0.723. The van der Waals surface area contributed by atoms with Crippen molar-refractivity contribution in [1.29, 1.82) is 0 Å². The molecule has 25 heavy (non-hydrogen) atoms. The van der Waals surface area contributed by atoms with Crippen LogP contribution in [0.4, 0.5) is 4.79 Å². The van der Waals surface area contributed by atoms with Crippen LogP contribution in [0.3, 0.4) is 0 Å². The molecule has 1 rings (SSSR count). The largest absolute Gasteiger partial charge is 0.444 e. The second-order valence-electron chi connectivity index (χ2n) is 7.04. The Morgan fingerprint density at radius 3 is 2.40 bits per heavy atom. The molecule has 5 nitrogen and oxygen atoms in total. The Hall–Kier alpha value is -1.85. The van der Waals surface area contributed by atoms with Crippen LogP contribution in [0.15, 0.2) is 41.9 Å². The number of benzene rings is 1. The number of nitrogens with one attached hydrogen (secondary N) is 1. The number of nitrogens with zero attached hydrogens (tertiary/aromatic N) is 1. The lowest BCUT2D eigenvalue weighted by Gasteiger charge is -2.26. The summed E-state index contributed by atoms with van der Waals surface area (Å²) < 4.78 is 5.25. The third kappa shape index (κ3) is 9.27. The van der Waals surface area contributed by atoms with Gasteiger partial charge in [0.25, 0.3) is 0 Å². The summed E-state index contributed by atoms with van der Waals surface area (Å²) in [4.78, 5) is 26.4. The lowest BCUT2D eigenvalue weighted by molar-refractivity contribution is -0.120. The van der Waals surface area contributed by atoms with E-state index in [-0.39, 0.29) is 17.2 Å². The normalized spacial score (nSPS) is 12.6. The van der Waals surface area contributed by atoms with Gasteiger partial charge in [0.05, 0.1) is 0 Å². The van der Waals surface area contributed by atoms with E-state index in [1.54, 1.807) is 20.8 Å². The van der Waals surface area contributed by atoms with E-state index in [0.717, 1.165) is 5.56 Å². The highest BCUT2D eigenvalue weighted by molar-refractivity contribution is 6.30. The van der Waals surface area contributed by atoms with Gasteiger partial charge in [0.1, 0.15) is 11.6 Å². The van der Waals surface area contributed by atoms with E-state index in [4.69, 9.17) is 16.3 Å². The van der Waals surface area contributed by atoms with Gasteiger partial charge in [-0.25, -0.2) is 4.79 Å². The smallest absolute Gasteiger partial charge is 0.408 e. The number of rotatable bonds is 8. The SMILES string of the molecule is C=C(Cl)CC(=O)C(CN(C)Cc1ccccc1)NC(=O)OC(C)(C)C. The van der Waals surface area contributed by atoms with Gasteiger partial charge in [-0.15, -0.1) is 0 Å². The van der Waals surface area contributed by atoms with Crippen molar-refractivity contribution < 1.29 is 14.3 Å². The minimum absolute atomic E-state index is 0.00119. The van der Waals surface area contributed by atoms with Gasteiger partial charge in [0, 0.05) is 24.5 Å². The van der Waals surface area contributed by atoms with E-state index in [9.17, 15) is 9.59 Å². The van der Waals surface area contributed by atoms with Crippen molar-refractivity contribution in [1.82, 2.24) is 10.2 Å². The van der Waals surface area contributed by atoms with Gasteiger partial charge in [-0.1, -0.05) is 48.5 Å². The molecule has 0 aliphatic rings. The number of ketones is 1. The molecule has 0 aliphatic heterocycles. The second kappa shape index (κ2) is 9.59. The molecular formula is C19H27ClN2O3. The van der Waals surface area contributed by atoms with Gasteiger partial charge in [-0.2, -0.15) is 0 Å². The summed E-state index contributed by atoms with van der Waals surface area (Å²) in [5.74, 6) is -0.203. The van der Waals surface area contributed by atoms with Gasteiger partial charge in [-0.05, 0) is 33.4 Å². The highest BCUT2D eigenvalue weighted by Crippen LogP contribution is 2.11. The molecule has 0 bridgehead atoms. The Morgan fingerprint density at radius 1 is 1.28 bits per heavy atom. The molecule has 138 valence electrons. The van der Waals surface area contributed by atoms with E-state index >= 15 is 0 Å². The number of hydrogen-bond acceptors (Lipinski definition) is 4. The Morgan fingerprint density at radius 2 is 1.88 bits per heavy atom. The van der Waals surface area contributed by atoms with Crippen LogP contribution in [0, 0.1) is 0 Å². The Kier molecular flexibility index (Phi) is 8.13. The second-order valence-corrected chi connectivity index (χ2v) is 7.58. The lowest BCUT2D eigenvalue weighted by atomic mass is 10.1. The molecule has 1 amide bonds. The fourth-order valence-corrected chi connectivity index (χ4v) is 2.39. The van der Waals surface area contributed by atoms with Crippen molar-refractivity contribution in [2.24, 2.45) is 0 Å². The number of amides is 1. The number of allylic oxidation sites excluding steroid dienone is 1. The van der Waals surface area contributed by atoms with Crippen LogP contribution in [-0.4, -0.2) is 42.0 Å². The van der Waals surface area contributed by atoms with E-state index in [0.29, 0.717) is 13.1 Å². The molecule has 0 saturated heterocycles. The van der Waals surface area contributed by atoms with Gasteiger partial charge in [0.15, 0.2) is 5.78 Å².